The molecule has 0 atom stereocenters. The van der Waals surface area contributed by atoms with Crippen molar-refractivity contribution >= 4 is 27.6 Å². The number of hydrogen-bond donors (Lipinski definition) is 1. The number of carbonyl (C=O) groups is 2. The number of nitrogens with one attached hydrogen (secondary N) is 1. The monoisotopic (exact) mass is 448 g/mol. The first-order valence-corrected chi connectivity index (χ1v) is 11.4. The number of methoxy groups -OCH3 is 1. The second kappa shape index (κ2) is 11.5. The van der Waals surface area contributed by atoms with E-state index in [4.69, 9.17) is 9.47 Å². The number of carbonyl (C=O) groups excluding carboxylic acids is 2. The van der Waals surface area contributed by atoms with E-state index in [9.17, 15) is 18.0 Å². The van der Waals surface area contributed by atoms with Crippen molar-refractivity contribution < 1.29 is 27.5 Å². The van der Waals surface area contributed by atoms with E-state index in [0.717, 1.165) is 5.56 Å². The van der Waals surface area contributed by atoms with Crippen LogP contribution in [0.2, 0.25) is 0 Å². The maximum atomic E-state index is 12.6. The number of rotatable bonds is 11. The van der Waals surface area contributed by atoms with Crippen molar-refractivity contribution in [1.82, 2.24) is 4.31 Å². The molecule has 0 saturated heterocycles. The van der Waals surface area contributed by atoms with Crippen molar-refractivity contribution in [3.05, 3.63) is 54.1 Å². The number of esters is 1. The van der Waals surface area contributed by atoms with Gasteiger partial charge in [0, 0.05) is 25.2 Å². The number of ether oxygens (including phenoxy) is 2. The van der Waals surface area contributed by atoms with Gasteiger partial charge in [-0.25, -0.2) is 8.42 Å². The molecule has 2 aromatic carbocycles. The second-order valence-electron chi connectivity index (χ2n) is 6.64. The fourth-order valence-electron chi connectivity index (χ4n) is 3.01. The van der Waals surface area contributed by atoms with Gasteiger partial charge in [-0.05, 0) is 36.2 Å². The quantitative estimate of drug-likeness (QED) is 0.531. The first-order valence-electron chi connectivity index (χ1n) is 9.99. The number of anilines is 1. The Morgan fingerprint density at radius 2 is 1.74 bits per heavy atom. The molecule has 0 saturated carbocycles. The van der Waals surface area contributed by atoms with Gasteiger partial charge in [0.2, 0.25) is 10.0 Å². The Labute approximate surface area is 183 Å². The minimum atomic E-state index is -3.64. The van der Waals surface area contributed by atoms with Crippen LogP contribution in [-0.2, 0) is 30.8 Å². The highest BCUT2D eigenvalue weighted by molar-refractivity contribution is 7.89. The third-order valence-electron chi connectivity index (χ3n) is 4.62. The van der Waals surface area contributed by atoms with Crippen molar-refractivity contribution in [1.29, 1.82) is 0 Å². The molecule has 2 rings (SSSR count). The molecule has 0 spiro atoms. The van der Waals surface area contributed by atoms with Gasteiger partial charge in [0.05, 0.1) is 12.0 Å². The van der Waals surface area contributed by atoms with E-state index in [1.54, 1.807) is 33.1 Å². The standard InChI is InChI=1S/C22H28N2O6S/c1-4-24(5-2)31(27,28)19-11-8-10-18(15-19)23-21(25)16-30-22(26)14-13-17-9-6-7-12-20(17)29-3/h6-12,15H,4-5,13-14,16H2,1-3H3,(H,23,25). The number of sulfonamides is 1. The Morgan fingerprint density at radius 1 is 1.03 bits per heavy atom. The van der Waals surface area contributed by atoms with Gasteiger partial charge in [-0.1, -0.05) is 38.1 Å². The van der Waals surface area contributed by atoms with Gasteiger partial charge in [-0.3, -0.25) is 9.59 Å². The van der Waals surface area contributed by atoms with E-state index in [1.807, 2.05) is 24.3 Å². The van der Waals surface area contributed by atoms with Gasteiger partial charge in [-0.2, -0.15) is 4.31 Å². The summed E-state index contributed by atoms with van der Waals surface area (Å²) in [4.78, 5) is 24.2. The topological polar surface area (TPSA) is 102 Å². The van der Waals surface area contributed by atoms with Crippen LogP contribution < -0.4 is 10.1 Å². The number of amides is 1. The minimum Gasteiger partial charge on any atom is -0.496 e. The maximum absolute atomic E-state index is 12.6. The summed E-state index contributed by atoms with van der Waals surface area (Å²) in [5, 5.41) is 2.56. The molecular formula is C22H28N2O6S. The molecule has 0 aliphatic carbocycles. The lowest BCUT2D eigenvalue weighted by molar-refractivity contribution is -0.147. The first kappa shape index (κ1) is 24.4. The predicted octanol–water partition coefficient (Wildman–Crippen LogP) is 2.84. The third-order valence-corrected chi connectivity index (χ3v) is 6.66. The van der Waals surface area contributed by atoms with Gasteiger partial charge in [0.25, 0.3) is 5.91 Å². The summed E-state index contributed by atoms with van der Waals surface area (Å²) in [6.07, 6.45) is 0.529. The predicted molar refractivity (Wildman–Crippen MR) is 117 cm³/mol. The normalized spacial score (nSPS) is 11.2. The molecule has 0 aliphatic rings. The maximum Gasteiger partial charge on any atom is 0.306 e. The SMILES string of the molecule is CCN(CC)S(=O)(=O)c1cccc(NC(=O)COC(=O)CCc2ccccc2OC)c1. The lowest BCUT2D eigenvalue weighted by Gasteiger charge is -2.18. The third kappa shape index (κ3) is 6.80. The van der Waals surface area contributed by atoms with E-state index in [1.165, 1.54) is 16.4 Å². The molecular weight excluding hydrogens is 420 g/mol. The van der Waals surface area contributed by atoms with Gasteiger partial charge in [-0.15, -0.1) is 0 Å². The molecule has 0 radical (unpaired) electrons. The summed E-state index contributed by atoms with van der Waals surface area (Å²) in [7, 11) is -2.08. The average molecular weight is 449 g/mol. The summed E-state index contributed by atoms with van der Waals surface area (Å²) in [5.74, 6) is -0.380. The molecule has 0 aromatic heterocycles. The average Bonchev–Trinajstić information content (AvgIpc) is 2.77. The van der Waals surface area contributed by atoms with Crippen molar-refractivity contribution in [2.45, 2.75) is 31.6 Å². The zero-order valence-corrected chi connectivity index (χ0v) is 18.8. The van der Waals surface area contributed by atoms with E-state index in [2.05, 4.69) is 5.32 Å². The molecule has 0 unspecified atom stereocenters. The van der Waals surface area contributed by atoms with E-state index < -0.39 is 28.5 Å². The minimum absolute atomic E-state index is 0.0859. The van der Waals surface area contributed by atoms with Gasteiger partial charge in [0.15, 0.2) is 6.61 Å². The van der Waals surface area contributed by atoms with E-state index in [0.29, 0.717) is 30.9 Å². The van der Waals surface area contributed by atoms with Crippen LogP contribution in [-0.4, -0.2) is 51.4 Å². The molecule has 0 bridgehead atoms. The lowest BCUT2D eigenvalue weighted by atomic mass is 10.1. The van der Waals surface area contributed by atoms with Gasteiger partial charge in [0.1, 0.15) is 5.75 Å². The highest BCUT2D eigenvalue weighted by atomic mass is 32.2. The molecule has 31 heavy (non-hydrogen) atoms. The first-order chi connectivity index (χ1) is 14.8. The number of benzene rings is 2. The van der Waals surface area contributed by atoms with Crippen molar-refractivity contribution in [3.63, 3.8) is 0 Å². The molecule has 2 aromatic rings. The van der Waals surface area contributed by atoms with Crippen LogP contribution in [0.1, 0.15) is 25.8 Å². The van der Waals surface area contributed by atoms with Crippen LogP contribution in [0, 0.1) is 0 Å². The summed E-state index contributed by atoms with van der Waals surface area (Å²) < 4.78 is 36.8. The highest BCUT2D eigenvalue weighted by Gasteiger charge is 2.22. The summed E-state index contributed by atoms with van der Waals surface area (Å²) in [6.45, 7) is 3.75. The molecule has 8 nitrogen and oxygen atoms in total. The van der Waals surface area contributed by atoms with Crippen molar-refractivity contribution in [3.8, 4) is 5.75 Å². The summed E-state index contributed by atoms with van der Waals surface area (Å²) >= 11 is 0. The number of aryl methyl sites for hydroxylation is 1. The highest BCUT2D eigenvalue weighted by Crippen LogP contribution is 2.20. The van der Waals surface area contributed by atoms with E-state index >= 15 is 0 Å². The molecule has 9 heteroatoms. The molecule has 1 amide bonds. The Kier molecular flexibility index (Phi) is 9.02. The Morgan fingerprint density at radius 3 is 2.42 bits per heavy atom. The van der Waals surface area contributed by atoms with Crippen LogP contribution in [0.4, 0.5) is 5.69 Å². The largest absolute Gasteiger partial charge is 0.496 e. The van der Waals surface area contributed by atoms with Crippen LogP contribution in [0.15, 0.2) is 53.4 Å². The molecule has 168 valence electrons. The molecule has 0 fully saturated rings. The number of para-hydroxylation sites is 1. The summed E-state index contributed by atoms with van der Waals surface area (Å²) in [6, 6.07) is 13.3. The smallest absolute Gasteiger partial charge is 0.306 e. The van der Waals surface area contributed by atoms with E-state index in [-0.39, 0.29) is 11.3 Å². The number of nitrogens with zero attached hydrogens (tertiary/aromatic N) is 1. The fraction of sp³-hybridized carbons (Fsp3) is 0.364. The lowest BCUT2D eigenvalue weighted by Crippen LogP contribution is -2.30. The molecule has 0 aliphatic heterocycles. The van der Waals surface area contributed by atoms with Crippen molar-refractivity contribution in [2.75, 3.05) is 32.1 Å². The zero-order chi connectivity index (χ0) is 22.9. The second-order valence-corrected chi connectivity index (χ2v) is 8.58. The zero-order valence-electron chi connectivity index (χ0n) is 18.0. The number of hydrogen-bond acceptors (Lipinski definition) is 6. The Hall–Kier alpha value is -2.91. The van der Waals surface area contributed by atoms with Crippen LogP contribution in [0.5, 0.6) is 5.75 Å². The van der Waals surface area contributed by atoms with Crippen LogP contribution in [0.3, 0.4) is 0 Å². The van der Waals surface area contributed by atoms with Gasteiger partial charge >= 0.3 is 5.97 Å². The van der Waals surface area contributed by atoms with Crippen molar-refractivity contribution in [2.24, 2.45) is 0 Å². The fourth-order valence-corrected chi connectivity index (χ4v) is 4.51. The van der Waals surface area contributed by atoms with Crippen LogP contribution in [0.25, 0.3) is 0 Å². The molecule has 0 heterocycles. The Bertz CT molecular complexity index is 1000. The van der Waals surface area contributed by atoms with Gasteiger partial charge < -0.3 is 14.8 Å². The molecule has 1 N–H and O–H groups in total. The summed E-state index contributed by atoms with van der Waals surface area (Å²) in [5.41, 5.74) is 1.18. The van der Waals surface area contributed by atoms with Crippen LogP contribution >= 0.6 is 0 Å². The Balaban J connectivity index is 1.89.